The van der Waals surface area contributed by atoms with Gasteiger partial charge in [-0.15, -0.1) is 0 Å². The van der Waals surface area contributed by atoms with Crippen molar-refractivity contribution in [2.75, 3.05) is 26.7 Å². The number of aliphatic hydroxyl groups excluding tert-OH is 1. The van der Waals surface area contributed by atoms with Gasteiger partial charge in [-0.05, 0) is 38.6 Å². The van der Waals surface area contributed by atoms with E-state index in [1.807, 2.05) is 20.9 Å². The Labute approximate surface area is 121 Å². The van der Waals surface area contributed by atoms with Gasteiger partial charge >= 0.3 is 0 Å². The molecule has 0 bridgehead atoms. The average molecular weight is 283 g/mol. The Kier molecular flexibility index (Phi) is 7.05. The highest BCUT2D eigenvalue weighted by Crippen LogP contribution is 2.21. The van der Waals surface area contributed by atoms with Gasteiger partial charge in [0.2, 0.25) is 0 Å². The van der Waals surface area contributed by atoms with Gasteiger partial charge in [0, 0.05) is 12.6 Å². The molecule has 0 aliphatic rings. The molecule has 5 heteroatoms. The molecule has 114 valence electrons. The zero-order valence-electron chi connectivity index (χ0n) is 12.8. The summed E-state index contributed by atoms with van der Waals surface area (Å²) in [6.45, 7) is 7.98. The molecule has 0 saturated carbocycles. The van der Waals surface area contributed by atoms with Crippen LogP contribution in [0.15, 0.2) is 18.3 Å². The van der Waals surface area contributed by atoms with Crippen molar-refractivity contribution in [3.8, 4) is 0 Å². The SMILES string of the molecule is CCNC(c1ccc(F)cn1)C(C)CN(C)C(C)CO. The predicted octanol–water partition coefficient (Wildman–Crippen LogP) is 1.82. The van der Waals surface area contributed by atoms with Crippen LogP contribution in [-0.2, 0) is 0 Å². The molecule has 2 N–H and O–H groups in total. The number of hydrogen-bond acceptors (Lipinski definition) is 4. The smallest absolute Gasteiger partial charge is 0.141 e. The first kappa shape index (κ1) is 17.0. The van der Waals surface area contributed by atoms with Gasteiger partial charge in [0.25, 0.3) is 0 Å². The molecule has 0 amide bonds. The van der Waals surface area contributed by atoms with E-state index < -0.39 is 0 Å². The van der Waals surface area contributed by atoms with Gasteiger partial charge in [-0.25, -0.2) is 4.39 Å². The third-order valence-electron chi connectivity index (χ3n) is 3.65. The van der Waals surface area contributed by atoms with Crippen molar-refractivity contribution in [2.24, 2.45) is 5.92 Å². The van der Waals surface area contributed by atoms with Crippen LogP contribution in [0, 0.1) is 11.7 Å². The van der Waals surface area contributed by atoms with Gasteiger partial charge in [0.1, 0.15) is 5.82 Å². The topological polar surface area (TPSA) is 48.4 Å². The summed E-state index contributed by atoms with van der Waals surface area (Å²) < 4.78 is 13.0. The van der Waals surface area contributed by atoms with Crippen LogP contribution in [0.3, 0.4) is 0 Å². The van der Waals surface area contributed by atoms with Crippen molar-refractivity contribution in [1.82, 2.24) is 15.2 Å². The highest BCUT2D eigenvalue weighted by Gasteiger charge is 2.22. The molecule has 0 spiro atoms. The Hall–Kier alpha value is -1.04. The van der Waals surface area contributed by atoms with Crippen LogP contribution in [0.25, 0.3) is 0 Å². The molecule has 1 rings (SSSR count). The van der Waals surface area contributed by atoms with E-state index in [9.17, 15) is 9.50 Å². The van der Waals surface area contributed by atoms with E-state index in [0.717, 1.165) is 18.8 Å². The van der Waals surface area contributed by atoms with Crippen molar-refractivity contribution in [3.05, 3.63) is 29.8 Å². The minimum Gasteiger partial charge on any atom is -0.395 e. The number of nitrogens with one attached hydrogen (secondary N) is 1. The minimum atomic E-state index is -0.317. The molecular formula is C15H26FN3O. The lowest BCUT2D eigenvalue weighted by molar-refractivity contribution is 0.136. The summed E-state index contributed by atoms with van der Waals surface area (Å²) in [7, 11) is 2.00. The molecule has 0 saturated heterocycles. The van der Waals surface area contributed by atoms with E-state index in [-0.39, 0.29) is 24.5 Å². The molecule has 4 nitrogen and oxygen atoms in total. The lowest BCUT2D eigenvalue weighted by Gasteiger charge is -2.31. The highest BCUT2D eigenvalue weighted by atomic mass is 19.1. The van der Waals surface area contributed by atoms with Crippen molar-refractivity contribution in [3.63, 3.8) is 0 Å². The summed E-state index contributed by atoms with van der Waals surface area (Å²) in [5.41, 5.74) is 0.853. The second-order valence-corrected chi connectivity index (χ2v) is 5.39. The monoisotopic (exact) mass is 283 g/mol. The Morgan fingerprint density at radius 3 is 2.60 bits per heavy atom. The molecule has 1 aromatic heterocycles. The van der Waals surface area contributed by atoms with E-state index in [0.29, 0.717) is 5.92 Å². The summed E-state index contributed by atoms with van der Waals surface area (Å²) in [6, 6.07) is 3.38. The summed E-state index contributed by atoms with van der Waals surface area (Å²) in [4.78, 5) is 6.31. The molecular weight excluding hydrogens is 257 g/mol. The fraction of sp³-hybridized carbons (Fsp3) is 0.667. The van der Waals surface area contributed by atoms with Crippen LogP contribution in [0.4, 0.5) is 4.39 Å². The molecule has 0 aliphatic heterocycles. The van der Waals surface area contributed by atoms with Crippen LogP contribution >= 0.6 is 0 Å². The maximum atomic E-state index is 13.0. The molecule has 20 heavy (non-hydrogen) atoms. The van der Waals surface area contributed by atoms with Crippen molar-refractivity contribution >= 4 is 0 Å². The van der Waals surface area contributed by atoms with Crippen LogP contribution in [0.2, 0.25) is 0 Å². The molecule has 1 aromatic rings. The standard InChI is InChI=1S/C15H26FN3O/c1-5-17-15(14-7-6-13(16)8-18-14)11(2)9-19(4)12(3)10-20/h6-8,11-12,15,17,20H,5,9-10H2,1-4H3. The molecule has 0 radical (unpaired) electrons. The van der Waals surface area contributed by atoms with Crippen LogP contribution in [0.5, 0.6) is 0 Å². The molecule has 0 aromatic carbocycles. The highest BCUT2D eigenvalue weighted by molar-refractivity contribution is 5.11. The third-order valence-corrected chi connectivity index (χ3v) is 3.65. The number of rotatable bonds is 8. The lowest BCUT2D eigenvalue weighted by atomic mass is 9.97. The van der Waals surface area contributed by atoms with Crippen molar-refractivity contribution in [1.29, 1.82) is 0 Å². The number of halogens is 1. The summed E-state index contributed by atoms with van der Waals surface area (Å²) >= 11 is 0. The second-order valence-electron chi connectivity index (χ2n) is 5.39. The number of aliphatic hydroxyl groups is 1. The van der Waals surface area contributed by atoms with E-state index in [1.54, 1.807) is 6.07 Å². The molecule has 3 atom stereocenters. The fourth-order valence-electron chi connectivity index (χ4n) is 2.27. The second kappa shape index (κ2) is 8.29. The normalized spacial score (nSPS) is 16.1. The largest absolute Gasteiger partial charge is 0.395 e. The van der Waals surface area contributed by atoms with Gasteiger partial charge in [0.05, 0.1) is 24.5 Å². The number of nitrogens with zero attached hydrogens (tertiary/aromatic N) is 2. The zero-order valence-corrected chi connectivity index (χ0v) is 12.8. The molecule has 0 fully saturated rings. The fourth-order valence-corrected chi connectivity index (χ4v) is 2.27. The minimum absolute atomic E-state index is 0.0777. The van der Waals surface area contributed by atoms with Gasteiger partial charge in [-0.1, -0.05) is 13.8 Å². The summed E-state index contributed by atoms with van der Waals surface area (Å²) in [6.07, 6.45) is 1.26. The summed E-state index contributed by atoms with van der Waals surface area (Å²) in [5, 5.41) is 12.6. The maximum absolute atomic E-state index is 13.0. The van der Waals surface area contributed by atoms with Crippen LogP contribution in [0.1, 0.15) is 32.5 Å². The predicted molar refractivity (Wildman–Crippen MR) is 79.0 cm³/mol. The van der Waals surface area contributed by atoms with Crippen molar-refractivity contribution in [2.45, 2.75) is 32.9 Å². The lowest BCUT2D eigenvalue weighted by Crippen LogP contribution is -2.39. The average Bonchev–Trinajstić information content (AvgIpc) is 2.44. The number of pyridine rings is 1. The van der Waals surface area contributed by atoms with Gasteiger partial charge < -0.3 is 15.3 Å². The third kappa shape index (κ3) is 4.81. The van der Waals surface area contributed by atoms with Gasteiger partial charge in [-0.2, -0.15) is 0 Å². The number of aromatic nitrogens is 1. The van der Waals surface area contributed by atoms with E-state index in [2.05, 4.69) is 22.1 Å². The first-order valence-electron chi connectivity index (χ1n) is 7.15. The summed E-state index contributed by atoms with van der Waals surface area (Å²) in [5.74, 6) is -0.0189. The Bertz CT molecular complexity index is 385. The van der Waals surface area contributed by atoms with E-state index in [4.69, 9.17) is 0 Å². The Morgan fingerprint density at radius 2 is 2.10 bits per heavy atom. The molecule has 1 heterocycles. The van der Waals surface area contributed by atoms with Crippen LogP contribution in [-0.4, -0.2) is 47.8 Å². The number of hydrogen-bond donors (Lipinski definition) is 2. The van der Waals surface area contributed by atoms with Crippen molar-refractivity contribution < 1.29 is 9.50 Å². The maximum Gasteiger partial charge on any atom is 0.141 e. The van der Waals surface area contributed by atoms with Gasteiger partial charge in [0.15, 0.2) is 0 Å². The molecule has 3 unspecified atom stereocenters. The van der Waals surface area contributed by atoms with Crippen LogP contribution < -0.4 is 5.32 Å². The first-order chi connectivity index (χ1) is 9.49. The van der Waals surface area contributed by atoms with E-state index >= 15 is 0 Å². The van der Waals surface area contributed by atoms with E-state index in [1.165, 1.54) is 12.3 Å². The zero-order chi connectivity index (χ0) is 15.1. The number of likely N-dealkylation sites (N-methyl/N-ethyl adjacent to an activating group) is 1. The van der Waals surface area contributed by atoms with Gasteiger partial charge in [-0.3, -0.25) is 4.98 Å². The molecule has 0 aliphatic carbocycles. The Balaban J connectivity index is 2.76. The first-order valence-corrected chi connectivity index (χ1v) is 7.15. The quantitative estimate of drug-likeness (QED) is 0.764. The Morgan fingerprint density at radius 1 is 1.40 bits per heavy atom.